The number of halogens is 1. The van der Waals surface area contributed by atoms with Gasteiger partial charge in [-0.05, 0) is 18.6 Å². The number of aryl methyl sites for hydroxylation is 1. The number of H-pyrrole nitrogens is 1. The summed E-state index contributed by atoms with van der Waals surface area (Å²) in [6.07, 6.45) is 1.59. The van der Waals surface area contributed by atoms with Gasteiger partial charge < -0.3 is 0 Å². The second-order valence-electron chi connectivity index (χ2n) is 4.33. The van der Waals surface area contributed by atoms with Crippen LogP contribution in [0.4, 0.5) is 5.69 Å². The Bertz CT molecular complexity index is 734. The Morgan fingerprint density at radius 2 is 2.26 bits per heavy atom. The molecule has 3 rings (SSSR count). The smallest absolute Gasteiger partial charge is 0.258 e. The lowest BCUT2D eigenvalue weighted by atomic mass is 10.2. The lowest BCUT2D eigenvalue weighted by molar-refractivity contribution is -0.749. The Balaban J connectivity index is 2.23. The van der Waals surface area contributed by atoms with Gasteiger partial charge in [-0.25, -0.2) is 4.79 Å². The zero-order valence-corrected chi connectivity index (χ0v) is 10.6. The molecule has 0 amide bonds. The molecule has 1 aliphatic rings. The highest BCUT2D eigenvalue weighted by Gasteiger charge is 2.30. The SMILES string of the molecule is O=c1c2[n+]([nH]n1-c1ccc(Cl)cc1[N+](=O)[O-])CCC2. The summed E-state index contributed by atoms with van der Waals surface area (Å²) in [6, 6.07) is 4.22. The summed E-state index contributed by atoms with van der Waals surface area (Å²) in [4.78, 5) is 22.7. The normalized spacial score (nSPS) is 13.5. The first-order valence-corrected chi connectivity index (χ1v) is 6.14. The predicted octanol–water partition coefficient (Wildman–Crippen LogP) is 0.961. The average Bonchev–Trinajstić information content (AvgIpc) is 2.93. The first-order valence-electron chi connectivity index (χ1n) is 5.76. The number of aromatic nitrogens is 3. The molecule has 19 heavy (non-hydrogen) atoms. The molecule has 0 saturated carbocycles. The quantitative estimate of drug-likeness (QED) is 0.505. The van der Waals surface area contributed by atoms with Crippen molar-refractivity contribution < 1.29 is 9.61 Å². The number of benzene rings is 1. The fourth-order valence-electron chi connectivity index (χ4n) is 2.30. The van der Waals surface area contributed by atoms with Crippen LogP contribution in [0.25, 0.3) is 5.69 Å². The van der Waals surface area contributed by atoms with Gasteiger partial charge in [0.2, 0.25) is 11.4 Å². The molecule has 0 spiro atoms. The van der Waals surface area contributed by atoms with Gasteiger partial charge >= 0.3 is 11.2 Å². The molecule has 8 heteroatoms. The molecule has 0 bridgehead atoms. The number of aromatic amines is 1. The lowest BCUT2D eigenvalue weighted by Crippen LogP contribution is -2.35. The molecular formula is C11H10ClN4O3+. The number of hydrogen-bond acceptors (Lipinski definition) is 3. The topological polar surface area (TPSA) is 84.8 Å². The molecular weight excluding hydrogens is 272 g/mol. The predicted molar refractivity (Wildman–Crippen MR) is 66.6 cm³/mol. The van der Waals surface area contributed by atoms with Gasteiger partial charge in [0.25, 0.3) is 0 Å². The van der Waals surface area contributed by atoms with Gasteiger partial charge in [-0.1, -0.05) is 21.5 Å². The number of rotatable bonds is 2. The first kappa shape index (κ1) is 11.9. The Morgan fingerprint density at radius 1 is 1.47 bits per heavy atom. The Hall–Kier alpha value is -2.15. The van der Waals surface area contributed by atoms with Crippen LogP contribution in [0.1, 0.15) is 12.1 Å². The number of hydrogen-bond donors (Lipinski definition) is 1. The van der Waals surface area contributed by atoms with E-state index in [4.69, 9.17) is 11.6 Å². The molecule has 0 radical (unpaired) electrons. The van der Waals surface area contributed by atoms with Crippen molar-refractivity contribution in [3.05, 3.63) is 49.4 Å². The maximum absolute atomic E-state index is 12.2. The third-order valence-electron chi connectivity index (χ3n) is 3.17. The van der Waals surface area contributed by atoms with Crippen molar-refractivity contribution in [2.45, 2.75) is 19.4 Å². The fraction of sp³-hybridized carbons (Fsp3) is 0.273. The highest BCUT2D eigenvalue weighted by Crippen LogP contribution is 2.25. The van der Waals surface area contributed by atoms with Crippen molar-refractivity contribution in [2.75, 3.05) is 0 Å². The van der Waals surface area contributed by atoms with E-state index < -0.39 is 4.92 Å². The van der Waals surface area contributed by atoms with Crippen LogP contribution in [0, 0.1) is 10.1 Å². The monoisotopic (exact) mass is 281 g/mol. The van der Waals surface area contributed by atoms with Crippen LogP contribution >= 0.6 is 11.6 Å². The molecule has 1 aliphatic heterocycles. The molecule has 98 valence electrons. The van der Waals surface area contributed by atoms with E-state index in [9.17, 15) is 14.9 Å². The largest absolute Gasteiger partial charge is 0.401 e. The van der Waals surface area contributed by atoms with Gasteiger partial charge in [0.15, 0.2) is 0 Å². The average molecular weight is 282 g/mol. The van der Waals surface area contributed by atoms with Gasteiger partial charge in [-0.2, -0.15) is 4.68 Å². The second kappa shape index (κ2) is 4.20. The number of nitro benzene ring substituents is 1. The van der Waals surface area contributed by atoms with E-state index in [1.54, 1.807) is 4.68 Å². The third-order valence-corrected chi connectivity index (χ3v) is 3.40. The summed E-state index contributed by atoms with van der Waals surface area (Å²) in [5.74, 6) is 0. The van der Waals surface area contributed by atoms with E-state index in [1.165, 1.54) is 22.9 Å². The summed E-state index contributed by atoms with van der Waals surface area (Å²) in [5, 5.41) is 14.2. The van der Waals surface area contributed by atoms with Crippen molar-refractivity contribution in [2.24, 2.45) is 0 Å². The minimum atomic E-state index is -0.551. The van der Waals surface area contributed by atoms with Gasteiger partial charge in [-0.3, -0.25) is 10.1 Å². The van der Waals surface area contributed by atoms with Gasteiger partial charge in [-0.15, -0.1) is 0 Å². The maximum atomic E-state index is 12.2. The van der Waals surface area contributed by atoms with Crippen LogP contribution in [0.2, 0.25) is 5.02 Å². The van der Waals surface area contributed by atoms with Crippen LogP contribution < -0.4 is 10.2 Å². The molecule has 0 unspecified atom stereocenters. The van der Waals surface area contributed by atoms with E-state index in [2.05, 4.69) is 5.21 Å². The van der Waals surface area contributed by atoms with Crippen molar-refractivity contribution in [3.63, 3.8) is 0 Å². The first-order chi connectivity index (χ1) is 9.08. The van der Waals surface area contributed by atoms with Crippen molar-refractivity contribution in [1.29, 1.82) is 0 Å². The van der Waals surface area contributed by atoms with Crippen molar-refractivity contribution >= 4 is 17.3 Å². The van der Waals surface area contributed by atoms with Crippen LogP contribution in [-0.4, -0.2) is 14.8 Å². The van der Waals surface area contributed by atoms with Crippen LogP contribution in [0.3, 0.4) is 0 Å². The zero-order chi connectivity index (χ0) is 13.6. The van der Waals surface area contributed by atoms with Gasteiger partial charge in [0.1, 0.15) is 6.54 Å². The van der Waals surface area contributed by atoms with Crippen molar-refractivity contribution in [3.8, 4) is 5.69 Å². The number of nitrogens with zero attached hydrogens (tertiary/aromatic N) is 3. The summed E-state index contributed by atoms with van der Waals surface area (Å²) in [7, 11) is 0. The van der Waals surface area contributed by atoms with Gasteiger partial charge in [0, 0.05) is 17.5 Å². The summed E-state index contributed by atoms with van der Waals surface area (Å²) in [6.45, 7) is 0.721. The maximum Gasteiger partial charge on any atom is 0.401 e. The number of nitrogens with one attached hydrogen (secondary N) is 1. The standard InChI is InChI=1S/C11H9ClN4O3/c12-7-3-4-8(10(6-7)16(18)19)15-11(17)9-2-1-5-14(9)13-15/h3-4,6H,1-2,5H2/p+1. The van der Waals surface area contributed by atoms with Crippen molar-refractivity contribution in [1.82, 2.24) is 9.90 Å². The van der Waals surface area contributed by atoms with E-state index in [1.807, 2.05) is 0 Å². The van der Waals surface area contributed by atoms with E-state index >= 15 is 0 Å². The Labute approximate surface area is 112 Å². The Morgan fingerprint density at radius 3 is 2.95 bits per heavy atom. The molecule has 0 saturated heterocycles. The Kier molecular flexibility index (Phi) is 2.63. The molecule has 1 aromatic carbocycles. The van der Waals surface area contributed by atoms with Gasteiger partial charge in [0.05, 0.1) is 4.92 Å². The molecule has 0 fully saturated rings. The van der Waals surface area contributed by atoms with Crippen LogP contribution in [0.5, 0.6) is 0 Å². The van der Waals surface area contributed by atoms with Crippen LogP contribution in [-0.2, 0) is 13.0 Å². The lowest BCUT2D eigenvalue weighted by Gasteiger charge is -1.98. The molecule has 1 N–H and O–H groups in total. The molecule has 1 aromatic heterocycles. The molecule has 7 nitrogen and oxygen atoms in total. The highest BCUT2D eigenvalue weighted by atomic mass is 35.5. The highest BCUT2D eigenvalue weighted by molar-refractivity contribution is 6.30. The molecule has 2 aromatic rings. The second-order valence-corrected chi connectivity index (χ2v) is 4.77. The van der Waals surface area contributed by atoms with E-state index in [0.29, 0.717) is 12.1 Å². The molecule has 2 heterocycles. The van der Waals surface area contributed by atoms with E-state index in [0.717, 1.165) is 13.0 Å². The summed E-state index contributed by atoms with van der Waals surface area (Å²) in [5.41, 5.74) is 0.392. The molecule has 0 aliphatic carbocycles. The molecule has 0 atom stereocenters. The minimum absolute atomic E-state index is 0.196. The fourth-order valence-corrected chi connectivity index (χ4v) is 2.46. The zero-order valence-electron chi connectivity index (χ0n) is 9.80. The third kappa shape index (κ3) is 1.82. The summed E-state index contributed by atoms with van der Waals surface area (Å²) >= 11 is 5.76. The van der Waals surface area contributed by atoms with E-state index in [-0.39, 0.29) is 22.0 Å². The summed E-state index contributed by atoms with van der Waals surface area (Å²) < 4.78 is 2.92. The number of fused-ring (bicyclic) bond motifs is 1. The number of nitro groups is 1. The van der Waals surface area contributed by atoms with Crippen LogP contribution in [0.15, 0.2) is 23.0 Å². The minimum Gasteiger partial charge on any atom is -0.258 e.